The van der Waals surface area contributed by atoms with E-state index in [9.17, 15) is 0 Å². The first kappa shape index (κ1) is 15.3. The second kappa shape index (κ2) is 6.33. The predicted molar refractivity (Wildman–Crippen MR) is 98.1 cm³/mol. The molecule has 1 aliphatic rings. The Morgan fingerprint density at radius 1 is 1.25 bits per heavy atom. The van der Waals surface area contributed by atoms with Gasteiger partial charge in [-0.15, -0.1) is 11.3 Å². The number of benzene rings is 1. The van der Waals surface area contributed by atoms with Gasteiger partial charge in [0, 0.05) is 42.6 Å². The molecule has 1 atom stereocenters. The quantitative estimate of drug-likeness (QED) is 0.789. The Balaban J connectivity index is 1.49. The van der Waals surface area contributed by atoms with Crippen molar-refractivity contribution in [1.82, 2.24) is 19.9 Å². The number of para-hydroxylation sites is 1. The lowest BCUT2D eigenvalue weighted by Gasteiger charge is -2.39. The Kier molecular flexibility index (Phi) is 4.03. The average molecular weight is 340 g/mol. The molecule has 6 nitrogen and oxygen atoms in total. The number of nitrogens with zero attached hydrogens (tertiary/aromatic N) is 5. The van der Waals surface area contributed by atoms with Crippen molar-refractivity contribution in [2.45, 2.75) is 19.5 Å². The van der Waals surface area contributed by atoms with E-state index >= 15 is 0 Å². The lowest BCUT2D eigenvalue weighted by Crippen LogP contribution is -2.51. The van der Waals surface area contributed by atoms with Crippen molar-refractivity contribution in [2.24, 2.45) is 0 Å². The number of piperazine rings is 1. The molecule has 24 heavy (non-hydrogen) atoms. The van der Waals surface area contributed by atoms with Crippen molar-refractivity contribution < 1.29 is 0 Å². The highest BCUT2D eigenvalue weighted by atomic mass is 32.1. The molecule has 1 fully saturated rings. The summed E-state index contributed by atoms with van der Waals surface area (Å²) in [7, 11) is 0. The number of nitrogens with two attached hydrogens (primary N) is 1. The fourth-order valence-electron chi connectivity index (χ4n) is 3.24. The number of nitrogen functional groups attached to an aromatic ring is 1. The van der Waals surface area contributed by atoms with Gasteiger partial charge in [-0.25, -0.2) is 15.0 Å². The summed E-state index contributed by atoms with van der Waals surface area (Å²) in [5, 5.41) is 4.05. The van der Waals surface area contributed by atoms with Gasteiger partial charge < -0.3 is 10.6 Å². The Morgan fingerprint density at radius 2 is 2.12 bits per heavy atom. The monoisotopic (exact) mass is 340 g/mol. The Labute approximate surface area is 145 Å². The zero-order valence-corrected chi connectivity index (χ0v) is 14.4. The van der Waals surface area contributed by atoms with Crippen molar-refractivity contribution in [3.05, 3.63) is 41.7 Å². The summed E-state index contributed by atoms with van der Waals surface area (Å²) in [6, 6.07) is 8.31. The third-order valence-corrected chi connectivity index (χ3v) is 5.23. The van der Waals surface area contributed by atoms with Crippen LogP contribution in [0.3, 0.4) is 0 Å². The van der Waals surface area contributed by atoms with Gasteiger partial charge in [-0.05, 0) is 19.1 Å². The van der Waals surface area contributed by atoms with Crippen LogP contribution in [0.4, 0.5) is 10.9 Å². The summed E-state index contributed by atoms with van der Waals surface area (Å²) in [4.78, 5) is 18.3. The molecule has 4 rings (SSSR count). The highest BCUT2D eigenvalue weighted by Gasteiger charge is 2.25. The molecule has 3 heterocycles. The van der Waals surface area contributed by atoms with Crippen molar-refractivity contribution in [3.63, 3.8) is 0 Å². The van der Waals surface area contributed by atoms with Crippen molar-refractivity contribution >= 4 is 33.2 Å². The fraction of sp³-hybridized carbons (Fsp3) is 0.353. The van der Waals surface area contributed by atoms with E-state index in [1.54, 1.807) is 11.3 Å². The lowest BCUT2D eigenvalue weighted by molar-refractivity contribution is 0.216. The number of anilines is 2. The number of aromatic nitrogens is 3. The maximum Gasteiger partial charge on any atom is 0.185 e. The van der Waals surface area contributed by atoms with E-state index in [1.165, 1.54) is 0 Å². The van der Waals surface area contributed by atoms with E-state index in [-0.39, 0.29) is 0 Å². The van der Waals surface area contributed by atoms with E-state index in [0.717, 1.165) is 48.0 Å². The fourth-order valence-corrected chi connectivity index (χ4v) is 4.01. The topological polar surface area (TPSA) is 71.2 Å². The summed E-state index contributed by atoms with van der Waals surface area (Å²) in [5.74, 6) is 1.35. The second-order valence-electron chi connectivity index (χ2n) is 6.13. The van der Waals surface area contributed by atoms with Crippen LogP contribution in [0, 0.1) is 0 Å². The minimum absolute atomic E-state index is 0.419. The third-order valence-electron chi connectivity index (χ3n) is 4.42. The standard InChI is InChI=1S/C17H20N6S/c1-12-10-22(7-8-23(12)17-19-6-9-24-17)11-15-20-14-5-3-2-4-13(14)16(18)21-15/h2-6,9,12H,7-8,10-11H2,1H3,(H2,18,20,21). The van der Waals surface area contributed by atoms with Gasteiger partial charge >= 0.3 is 0 Å². The minimum Gasteiger partial charge on any atom is -0.383 e. The molecule has 0 bridgehead atoms. The van der Waals surface area contributed by atoms with E-state index in [4.69, 9.17) is 5.73 Å². The Morgan fingerprint density at radius 3 is 2.92 bits per heavy atom. The molecule has 3 aromatic rings. The number of fused-ring (bicyclic) bond motifs is 1. The van der Waals surface area contributed by atoms with Crippen LogP contribution in [-0.2, 0) is 6.54 Å². The average Bonchev–Trinajstić information content (AvgIpc) is 3.09. The second-order valence-corrected chi connectivity index (χ2v) is 7.01. The molecule has 0 spiro atoms. The maximum atomic E-state index is 6.09. The van der Waals surface area contributed by atoms with Crippen LogP contribution in [0.2, 0.25) is 0 Å². The van der Waals surface area contributed by atoms with Crippen LogP contribution in [-0.4, -0.2) is 45.5 Å². The molecule has 2 aromatic heterocycles. The molecule has 1 aromatic carbocycles. The molecule has 1 aliphatic heterocycles. The van der Waals surface area contributed by atoms with Crippen LogP contribution in [0.25, 0.3) is 10.9 Å². The smallest absolute Gasteiger partial charge is 0.185 e. The number of hydrogen-bond donors (Lipinski definition) is 1. The molecular weight excluding hydrogens is 320 g/mol. The van der Waals surface area contributed by atoms with Gasteiger partial charge in [-0.2, -0.15) is 0 Å². The highest BCUT2D eigenvalue weighted by Crippen LogP contribution is 2.23. The first-order valence-corrected chi connectivity index (χ1v) is 8.98. The molecule has 0 aliphatic carbocycles. The first-order chi connectivity index (χ1) is 11.7. The predicted octanol–water partition coefficient (Wildman–Crippen LogP) is 2.38. The van der Waals surface area contributed by atoms with Crippen LogP contribution >= 0.6 is 11.3 Å². The van der Waals surface area contributed by atoms with Crippen LogP contribution in [0.5, 0.6) is 0 Å². The highest BCUT2D eigenvalue weighted by molar-refractivity contribution is 7.13. The number of rotatable bonds is 3. The van der Waals surface area contributed by atoms with Gasteiger partial charge in [0.05, 0.1) is 12.1 Å². The summed E-state index contributed by atoms with van der Waals surface area (Å²) in [6.45, 7) is 5.88. The molecule has 0 amide bonds. The summed E-state index contributed by atoms with van der Waals surface area (Å²) in [6.07, 6.45) is 1.87. The largest absolute Gasteiger partial charge is 0.383 e. The lowest BCUT2D eigenvalue weighted by atomic mass is 10.2. The summed E-state index contributed by atoms with van der Waals surface area (Å²) < 4.78 is 0. The SMILES string of the molecule is CC1CN(Cc2nc(N)c3ccccc3n2)CCN1c1nccs1. The molecule has 1 unspecified atom stereocenters. The third kappa shape index (κ3) is 2.92. The molecule has 124 valence electrons. The Bertz CT molecular complexity index is 834. The zero-order chi connectivity index (χ0) is 16.5. The van der Waals surface area contributed by atoms with E-state index in [2.05, 4.69) is 31.7 Å². The van der Waals surface area contributed by atoms with Crippen LogP contribution in [0.15, 0.2) is 35.8 Å². The molecule has 1 saturated heterocycles. The molecule has 0 radical (unpaired) electrons. The first-order valence-electron chi connectivity index (χ1n) is 8.10. The summed E-state index contributed by atoms with van der Waals surface area (Å²) >= 11 is 1.70. The van der Waals surface area contributed by atoms with Crippen LogP contribution < -0.4 is 10.6 Å². The molecule has 0 saturated carbocycles. The minimum atomic E-state index is 0.419. The summed E-state index contributed by atoms with van der Waals surface area (Å²) in [5.41, 5.74) is 7.00. The van der Waals surface area contributed by atoms with Gasteiger partial charge in [-0.3, -0.25) is 4.90 Å². The van der Waals surface area contributed by atoms with E-state index in [0.29, 0.717) is 11.9 Å². The van der Waals surface area contributed by atoms with Crippen molar-refractivity contribution in [3.8, 4) is 0 Å². The Hall–Kier alpha value is -2.25. The van der Waals surface area contributed by atoms with Gasteiger partial charge in [0.15, 0.2) is 5.13 Å². The number of thiazole rings is 1. The normalized spacial score (nSPS) is 19.0. The zero-order valence-electron chi connectivity index (χ0n) is 13.6. The van der Waals surface area contributed by atoms with Gasteiger partial charge in [0.2, 0.25) is 0 Å². The maximum absolute atomic E-state index is 6.09. The van der Waals surface area contributed by atoms with Crippen molar-refractivity contribution in [2.75, 3.05) is 30.3 Å². The van der Waals surface area contributed by atoms with Gasteiger partial charge in [0.1, 0.15) is 11.6 Å². The number of hydrogen-bond acceptors (Lipinski definition) is 7. The van der Waals surface area contributed by atoms with Crippen LogP contribution in [0.1, 0.15) is 12.7 Å². The van der Waals surface area contributed by atoms with Crippen molar-refractivity contribution in [1.29, 1.82) is 0 Å². The van der Waals surface area contributed by atoms with E-state index < -0.39 is 0 Å². The van der Waals surface area contributed by atoms with Gasteiger partial charge in [-0.1, -0.05) is 12.1 Å². The van der Waals surface area contributed by atoms with Gasteiger partial charge in [0.25, 0.3) is 0 Å². The molecule has 7 heteroatoms. The molecular formula is C17H20N6S. The molecule has 2 N–H and O–H groups in total. The van der Waals surface area contributed by atoms with E-state index in [1.807, 2.05) is 35.8 Å².